The molecule has 4 heteroatoms. The molecule has 82 valence electrons. The van der Waals surface area contributed by atoms with Crippen LogP contribution in [0, 0.1) is 5.92 Å². The van der Waals surface area contributed by atoms with Gasteiger partial charge in [0, 0.05) is 25.9 Å². The zero-order valence-corrected chi connectivity index (χ0v) is 9.31. The second kappa shape index (κ2) is 4.47. The molecule has 0 bridgehead atoms. The number of ether oxygens (including phenoxy) is 1. The predicted molar refractivity (Wildman–Crippen MR) is 59.2 cm³/mol. The molecule has 0 amide bonds. The topological polar surface area (TPSA) is 38.2 Å². The molecule has 4 nitrogen and oxygen atoms in total. The molecular weight excluding hydrogens is 190 g/mol. The first-order chi connectivity index (χ1) is 7.29. The van der Waals surface area contributed by atoms with Crippen molar-refractivity contribution < 1.29 is 4.74 Å². The molecule has 1 aliphatic carbocycles. The summed E-state index contributed by atoms with van der Waals surface area (Å²) in [7, 11) is 3.65. The van der Waals surface area contributed by atoms with E-state index in [1.54, 1.807) is 19.4 Å². The Hall–Kier alpha value is -1.32. The van der Waals surface area contributed by atoms with Crippen LogP contribution in [0.1, 0.15) is 19.3 Å². The number of nitrogens with zero attached hydrogens (tertiary/aromatic N) is 3. The summed E-state index contributed by atoms with van der Waals surface area (Å²) in [5.74, 6) is 2.31. The number of hydrogen-bond acceptors (Lipinski definition) is 4. The standard InChI is InChI=1S/C11H17N3O/c1-14(8-6-9-3-4-9)11-12-7-5-10(13-11)15-2/h5,7,9H,3-4,6,8H2,1-2H3. The van der Waals surface area contributed by atoms with Gasteiger partial charge in [-0.2, -0.15) is 4.98 Å². The summed E-state index contributed by atoms with van der Waals surface area (Å²) in [6.45, 7) is 1.03. The van der Waals surface area contributed by atoms with E-state index in [4.69, 9.17) is 4.74 Å². The smallest absolute Gasteiger partial charge is 0.228 e. The van der Waals surface area contributed by atoms with Gasteiger partial charge in [0.15, 0.2) is 0 Å². The lowest BCUT2D eigenvalue weighted by atomic mass is 10.3. The molecule has 0 spiro atoms. The van der Waals surface area contributed by atoms with E-state index in [-0.39, 0.29) is 0 Å². The first-order valence-electron chi connectivity index (χ1n) is 5.38. The summed E-state index contributed by atoms with van der Waals surface area (Å²) in [4.78, 5) is 10.6. The van der Waals surface area contributed by atoms with Crippen LogP contribution >= 0.6 is 0 Å². The van der Waals surface area contributed by atoms with Crippen LogP contribution in [-0.2, 0) is 0 Å². The molecule has 1 aliphatic rings. The lowest BCUT2D eigenvalue weighted by molar-refractivity contribution is 0.397. The summed E-state index contributed by atoms with van der Waals surface area (Å²) >= 11 is 0. The third-order valence-electron chi connectivity index (χ3n) is 2.74. The minimum atomic E-state index is 0.623. The molecule has 0 atom stereocenters. The van der Waals surface area contributed by atoms with Crippen LogP contribution in [-0.4, -0.2) is 30.7 Å². The lowest BCUT2D eigenvalue weighted by Gasteiger charge is -2.16. The van der Waals surface area contributed by atoms with Crippen LogP contribution in [0.2, 0.25) is 0 Å². The molecule has 0 radical (unpaired) electrons. The summed E-state index contributed by atoms with van der Waals surface area (Å²) < 4.78 is 5.07. The highest BCUT2D eigenvalue weighted by atomic mass is 16.5. The van der Waals surface area contributed by atoms with Gasteiger partial charge in [0.2, 0.25) is 11.8 Å². The maximum atomic E-state index is 5.07. The van der Waals surface area contributed by atoms with Crippen LogP contribution < -0.4 is 9.64 Å². The minimum Gasteiger partial charge on any atom is -0.481 e. The van der Waals surface area contributed by atoms with Crippen LogP contribution in [0.25, 0.3) is 0 Å². The maximum Gasteiger partial charge on any atom is 0.228 e. The first kappa shape index (κ1) is 10.2. The van der Waals surface area contributed by atoms with Gasteiger partial charge >= 0.3 is 0 Å². The second-order valence-electron chi connectivity index (χ2n) is 4.05. The van der Waals surface area contributed by atoms with Gasteiger partial charge < -0.3 is 9.64 Å². The average Bonchev–Trinajstić information content (AvgIpc) is 3.10. The van der Waals surface area contributed by atoms with E-state index >= 15 is 0 Å². The van der Waals surface area contributed by atoms with Gasteiger partial charge in [0.1, 0.15) is 0 Å². The van der Waals surface area contributed by atoms with Crippen molar-refractivity contribution in [1.82, 2.24) is 9.97 Å². The summed E-state index contributed by atoms with van der Waals surface area (Å²) in [5.41, 5.74) is 0. The molecule has 15 heavy (non-hydrogen) atoms. The Kier molecular flexibility index (Phi) is 3.04. The average molecular weight is 207 g/mol. The summed E-state index contributed by atoms with van der Waals surface area (Å²) in [6, 6.07) is 1.76. The van der Waals surface area contributed by atoms with E-state index in [1.807, 2.05) is 7.05 Å². The quantitative estimate of drug-likeness (QED) is 0.737. The van der Waals surface area contributed by atoms with Crippen LogP contribution in [0.3, 0.4) is 0 Å². The zero-order chi connectivity index (χ0) is 10.7. The molecule has 1 aromatic rings. The van der Waals surface area contributed by atoms with E-state index in [0.29, 0.717) is 5.88 Å². The normalized spacial score (nSPS) is 15.1. The van der Waals surface area contributed by atoms with Crippen molar-refractivity contribution in [3.05, 3.63) is 12.3 Å². The molecule has 1 fully saturated rings. The van der Waals surface area contributed by atoms with E-state index in [9.17, 15) is 0 Å². The molecule has 0 aliphatic heterocycles. The second-order valence-corrected chi connectivity index (χ2v) is 4.05. The summed E-state index contributed by atoms with van der Waals surface area (Å²) in [6.07, 6.45) is 5.77. The van der Waals surface area contributed by atoms with E-state index in [1.165, 1.54) is 19.3 Å². The van der Waals surface area contributed by atoms with Gasteiger partial charge in [0.05, 0.1) is 7.11 Å². The lowest BCUT2D eigenvalue weighted by Crippen LogP contribution is -2.21. The highest BCUT2D eigenvalue weighted by molar-refractivity contribution is 5.30. The maximum absolute atomic E-state index is 5.07. The Morgan fingerprint density at radius 2 is 2.33 bits per heavy atom. The van der Waals surface area contributed by atoms with Gasteiger partial charge in [-0.1, -0.05) is 12.8 Å². The van der Waals surface area contributed by atoms with Crippen LogP contribution in [0.4, 0.5) is 5.95 Å². The molecular formula is C11H17N3O. The number of rotatable bonds is 5. The van der Waals surface area contributed by atoms with Crippen molar-refractivity contribution in [2.45, 2.75) is 19.3 Å². The Bertz CT molecular complexity index is 325. The van der Waals surface area contributed by atoms with Gasteiger partial charge in [-0.15, -0.1) is 0 Å². The Morgan fingerprint density at radius 3 is 3.00 bits per heavy atom. The Balaban J connectivity index is 1.93. The summed E-state index contributed by atoms with van der Waals surface area (Å²) in [5, 5.41) is 0. The largest absolute Gasteiger partial charge is 0.481 e. The third-order valence-corrected chi connectivity index (χ3v) is 2.74. The SMILES string of the molecule is COc1ccnc(N(C)CCC2CC2)n1. The zero-order valence-electron chi connectivity index (χ0n) is 9.31. The van der Waals surface area contributed by atoms with Crippen molar-refractivity contribution in [3.8, 4) is 5.88 Å². The number of methoxy groups -OCH3 is 1. The molecule has 0 unspecified atom stereocenters. The molecule has 0 saturated heterocycles. The molecule has 0 N–H and O–H groups in total. The van der Waals surface area contributed by atoms with Crippen molar-refractivity contribution >= 4 is 5.95 Å². The van der Waals surface area contributed by atoms with Crippen molar-refractivity contribution in [1.29, 1.82) is 0 Å². The first-order valence-corrected chi connectivity index (χ1v) is 5.38. The van der Waals surface area contributed by atoms with Gasteiger partial charge in [0.25, 0.3) is 0 Å². The number of anilines is 1. The van der Waals surface area contributed by atoms with Crippen molar-refractivity contribution in [2.75, 3.05) is 25.6 Å². The fourth-order valence-electron chi connectivity index (χ4n) is 1.51. The fraction of sp³-hybridized carbons (Fsp3) is 0.636. The van der Waals surface area contributed by atoms with Gasteiger partial charge in [-0.25, -0.2) is 4.98 Å². The highest BCUT2D eigenvalue weighted by Crippen LogP contribution is 2.32. The Labute approximate surface area is 90.3 Å². The third kappa shape index (κ3) is 2.81. The molecule has 1 aromatic heterocycles. The molecule has 0 aromatic carbocycles. The van der Waals surface area contributed by atoms with E-state index in [2.05, 4.69) is 14.9 Å². The minimum absolute atomic E-state index is 0.623. The van der Waals surface area contributed by atoms with Gasteiger partial charge in [-0.3, -0.25) is 0 Å². The molecule has 1 saturated carbocycles. The van der Waals surface area contributed by atoms with Crippen molar-refractivity contribution in [2.24, 2.45) is 5.92 Å². The van der Waals surface area contributed by atoms with Crippen molar-refractivity contribution in [3.63, 3.8) is 0 Å². The van der Waals surface area contributed by atoms with E-state index in [0.717, 1.165) is 18.4 Å². The Morgan fingerprint density at radius 1 is 1.53 bits per heavy atom. The van der Waals surface area contributed by atoms with Crippen LogP contribution in [0.15, 0.2) is 12.3 Å². The highest BCUT2D eigenvalue weighted by Gasteiger charge is 2.21. The van der Waals surface area contributed by atoms with Gasteiger partial charge in [-0.05, 0) is 12.3 Å². The predicted octanol–water partition coefficient (Wildman–Crippen LogP) is 1.72. The van der Waals surface area contributed by atoms with E-state index < -0.39 is 0 Å². The fourth-order valence-corrected chi connectivity index (χ4v) is 1.51. The number of aromatic nitrogens is 2. The monoisotopic (exact) mass is 207 g/mol. The molecule has 2 rings (SSSR count). The number of hydrogen-bond donors (Lipinski definition) is 0. The molecule has 1 heterocycles. The van der Waals surface area contributed by atoms with Crippen LogP contribution in [0.5, 0.6) is 5.88 Å².